The number of hydrogen-bond donors (Lipinski definition) is 1. The van der Waals surface area contributed by atoms with Gasteiger partial charge < -0.3 is 5.73 Å². The van der Waals surface area contributed by atoms with E-state index in [2.05, 4.69) is 38.1 Å². The lowest BCUT2D eigenvalue weighted by molar-refractivity contribution is 0.628. The third-order valence-corrected chi connectivity index (χ3v) is 3.83. The molecule has 0 aliphatic heterocycles. The predicted octanol–water partition coefficient (Wildman–Crippen LogP) is 4.19. The van der Waals surface area contributed by atoms with Gasteiger partial charge in [-0.15, -0.1) is 0 Å². The SMILES string of the molecule is Cc1ccc(C(N)CC2=CCCCC2)cc1C. The summed E-state index contributed by atoms with van der Waals surface area (Å²) >= 11 is 0. The van der Waals surface area contributed by atoms with Crippen LogP contribution < -0.4 is 5.73 Å². The van der Waals surface area contributed by atoms with Crippen molar-refractivity contribution in [3.05, 3.63) is 46.5 Å². The van der Waals surface area contributed by atoms with Crippen LogP contribution in [0, 0.1) is 13.8 Å². The Labute approximate surface area is 105 Å². The van der Waals surface area contributed by atoms with Crippen LogP contribution in [0.25, 0.3) is 0 Å². The molecule has 0 saturated carbocycles. The van der Waals surface area contributed by atoms with Gasteiger partial charge in [-0.05, 0) is 62.6 Å². The Morgan fingerprint density at radius 2 is 2.00 bits per heavy atom. The molecule has 0 fully saturated rings. The highest BCUT2D eigenvalue weighted by atomic mass is 14.6. The van der Waals surface area contributed by atoms with Crippen molar-refractivity contribution in [2.45, 2.75) is 52.0 Å². The summed E-state index contributed by atoms with van der Waals surface area (Å²) in [7, 11) is 0. The molecule has 1 atom stereocenters. The summed E-state index contributed by atoms with van der Waals surface area (Å²) in [5, 5.41) is 0. The second-order valence-corrected chi connectivity index (χ2v) is 5.26. The minimum Gasteiger partial charge on any atom is -0.324 e. The van der Waals surface area contributed by atoms with Crippen molar-refractivity contribution in [1.29, 1.82) is 0 Å². The summed E-state index contributed by atoms with van der Waals surface area (Å²) < 4.78 is 0. The maximum Gasteiger partial charge on any atom is 0.0332 e. The van der Waals surface area contributed by atoms with Crippen LogP contribution in [0.3, 0.4) is 0 Å². The molecule has 1 nitrogen and oxygen atoms in total. The smallest absolute Gasteiger partial charge is 0.0332 e. The second kappa shape index (κ2) is 5.50. The largest absolute Gasteiger partial charge is 0.324 e. The van der Waals surface area contributed by atoms with E-state index < -0.39 is 0 Å². The van der Waals surface area contributed by atoms with Gasteiger partial charge in [0.2, 0.25) is 0 Å². The summed E-state index contributed by atoms with van der Waals surface area (Å²) in [5.74, 6) is 0. The number of rotatable bonds is 3. The average molecular weight is 229 g/mol. The van der Waals surface area contributed by atoms with Crippen LogP contribution in [0.1, 0.15) is 54.8 Å². The van der Waals surface area contributed by atoms with Gasteiger partial charge in [-0.1, -0.05) is 29.8 Å². The third-order valence-electron chi connectivity index (χ3n) is 3.83. The van der Waals surface area contributed by atoms with Gasteiger partial charge in [-0.2, -0.15) is 0 Å². The van der Waals surface area contributed by atoms with E-state index in [1.807, 2.05) is 0 Å². The summed E-state index contributed by atoms with van der Waals surface area (Å²) in [6, 6.07) is 6.76. The van der Waals surface area contributed by atoms with Crippen LogP contribution >= 0.6 is 0 Å². The number of benzene rings is 1. The third kappa shape index (κ3) is 3.19. The van der Waals surface area contributed by atoms with Crippen LogP contribution in [-0.4, -0.2) is 0 Å². The number of allylic oxidation sites excluding steroid dienone is 1. The zero-order chi connectivity index (χ0) is 12.3. The van der Waals surface area contributed by atoms with E-state index in [0.717, 1.165) is 6.42 Å². The molecule has 0 spiro atoms. The topological polar surface area (TPSA) is 26.0 Å². The molecule has 0 heterocycles. The molecule has 0 radical (unpaired) electrons. The fourth-order valence-corrected chi connectivity index (χ4v) is 2.49. The molecule has 1 unspecified atom stereocenters. The number of nitrogens with two attached hydrogens (primary N) is 1. The molecule has 0 aromatic heterocycles. The highest BCUT2D eigenvalue weighted by Crippen LogP contribution is 2.26. The first-order chi connectivity index (χ1) is 8.16. The second-order valence-electron chi connectivity index (χ2n) is 5.26. The molecule has 1 aliphatic carbocycles. The highest BCUT2D eigenvalue weighted by molar-refractivity contribution is 5.32. The lowest BCUT2D eigenvalue weighted by Crippen LogP contribution is -2.12. The van der Waals surface area contributed by atoms with E-state index in [1.54, 1.807) is 5.57 Å². The van der Waals surface area contributed by atoms with E-state index >= 15 is 0 Å². The molecular weight excluding hydrogens is 206 g/mol. The van der Waals surface area contributed by atoms with Crippen LogP contribution in [0.5, 0.6) is 0 Å². The minimum atomic E-state index is 0.165. The van der Waals surface area contributed by atoms with Gasteiger partial charge in [0.15, 0.2) is 0 Å². The van der Waals surface area contributed by atoms with Crippen molar-refractivity contribution >= 4 is 0 Å². The minimum absolute atomic E-state index is 0.165. The maximum atomic E-state index is 6.30. The maximum absolute atomic E-state index is 6.30. The van der Waals surface area contributed by atoms with E-state index in [1.165, 1.54) is 42.4 Å². The summed E-state index contributed by atoms with van der Waals surface area (Å²) in [5.41, 5.74) is 11.8. The molecule has 0 saturated heterocycles. The van der Waals surface area contributed by atoms with Gasteiger partial charge in [-0.25, -0.2) is 0 Å². The van der Waals surface area contributed by atoms with E-state index in [4.69, 9.17) is 5.73 Å². The fraction of sp³-hybridized carbons (Fsp3) is 0.500. The van der Waals surface area contributed by atoms with Crippen molar-refractivity contribution in [1.82, 2.24) is 0 Å². The van der Waals surface area contributed by atoms with Crippen molar-refractivity contribution in [3.8, 4) is 0 Å². The van der Waals surface area contributed by atoms with Crippen LogP contribution in [0.15, 0.2) is 29.8 Å². The normalized spacial score (nSPS) is 17.7. The van der Waals surface area contributed by atoms with E-state index in [9.17, 15) is 0 Å². The zero-order valence-corrected chi connectivity index (χ0v) is 11.0. The van der Waals surface area contributed by atoms with Crippen molar-refractivity contribution in [3.63, 3.8) is 0 Å². The predicted molar refractivity (Wildman–Crippen MR) is 74.0 cm³/mol. The molecule has 0 bridgehead atoms. The van der Waals surface area contributed by atoms with Crippen molar-refractivity contribution in [2.75, 3.05) is 0 Å². The molecule has 17 heavy (non-hydrogen) atoms. The molecule has 1 aromatic carbocycles. The quantitative estimate of drug-likeness (QED) is 0.773. The van der Waals surface area contributed by atoms with Gasteiger partial charge in [-0.3, -0.25) is 0 Å². The van der Waals surface area contributed by atoms with Gasteiger partial charge in [0.1, 0.15) is 0 Å². The first-order valence-electron chi connectivity index (χ1n) is 6.67. The molecule has 1 aliphatic rings. The molecule has 2 rings (SSSR count). The van der Waals surface area contributed by atoms with Gasteiger partial charge in [0.05, 0.1) is 0 Å². The monoisotopic (exact) mass is 229 g/mol. The van der Waals surface area contributed by atoms with Gasteiger partial charge in [0, 0.05) is 6.04 Å². The molecule has 2 N–H and O–H groups in total. The zero-order valence-electron chi connectivity index (χ0n) is 11.0. The highest BCUT2D eigenvalue weighted by Gasteiger charge is 2.11. The summed E-state index contributed by atoms with van der Waals surface area (Å²) in [6.07, 6.45) is 8.61. The van der Waals surface area contributed by atoms with Gasteiger partial charge >= 0.3 is 0 Å². The van der Waals surface area contributed by atoms with Crippen molar-refractivity contribution < 1.29 is 0 Å². The van der Waals surface area contributed by atoms with Crippen LogP contribution in [0.4, 0.5) is 0 Å². The fourth-order valence-electron chi connectivity index (χ4n) is 2.49. The molecule has 0 amide bonds. The Balaban J connectivity index is 2.06. The van der Waals surface area contributed by atoms with Crippen LogP contribution in [0.2, 0.25) is 0 Å². The Morgan fingerprint density at radius 3 is 2.65 bits per heavy atom. The summed E-state index contributed by atoms with van der Waals surface area (Å²) in [6.45, 7) is 4.31. The lowest BCUT2D eigenvalue weighted by atomic mass is 9.91. The lowest BCUT2D eigenvalue weighted by Gasteiger charge is -2.18. The summed E-state index contributed by atoms with van der Waals surface area (Å²) in [4.78, 5) is 0. The van der Waals surface area contributed by atoms with E-state index in [0.29, 0.717) is 0 Å². The standard InChI is InChI=1S/C16H23N/c1-12-8-9-15(10-13(12)2)16(17)11-14-6-4-3-5-7-14/h6,8-10,16H,3-5,7,11,17H2,1-2H3. The Hall–Kier alpha value is -1.08. The van der Waals surface area contributed by atoms with Crippen molar-refractivity contribution in [2.24, 2.45) is 5.73 Å². The van der Waals surface area contributed by atoms with E-state index in [-0.39, 0.29) is 6.04 Å². The Kier molecular flexibility index (Phi) is 4.01. The first kappa shape index (κ1) is 12.4. The number of hydrogen-bond acceptors (Lipinski definition) is 1. The van der Waals surface area contributed by atoms with Crippen LogP contribution in [-0.2, 0) is 0 Å². The Morgan fingerprint density at radius 1 is 1.18 bits per heavy atom. The number of aryl methyl sites for hydroxylation is 2. The Bertz CT molecular complexity index is 418. The molecule has 92 valence electrons. The van der Waals surface area contributed by atoms with Gasteiger partial charge in [0.25, 0.3) is 0 Å². The molecular formula is C16H23N. The first-order valence-corrected chi connectivity index (χ1v) is 6.67. The molecule has 1 aromatic rings. The average Bonchev–Trinajstić information content (AvgIpc) is 2.34. The molecule has 1 heteroatoms.